The van der Waals surface area contributed by atoms with Crippen molar-refractivity contribution in [3.63, 3.8) is 0 Å². The summed E-state index contributed by atoms with van der Waals surface area (Å²) in [4.78, 5) is 0. The van der Waals surface area contributed by atoms with Crippen LogP contribution in [0.3, 0.4) is 0 Å². The Morgan fingerprint density at radius 1 is 0.846 bits per heavy atom. The van der Waals surface area contributed by atoms with E-state index in [1.807, 2.05) is 11.8 Å². The second-order valence-electron chi connectivity index (χ2n) is 4.19. The lowest BCUT2D eigenvalue weighted by molar-refractivity contribution is 0.00717. The maximum atomic E-state index is 6.10. The molecule has 76 valence electrons. The highest BCUT2D eigenvalue weighted by Gasteiger charge is 2.20. The van der Waals surface area contributed by atoms with E-state index in [1.165, 1.54) is 57.1 Å². The van der Waals surface area contributed by atoms with Gasteiger partial charge in [-0.1, -0.05) is 19.3 Å². The Kier molecular flexibility index (Phi) is 3.98. The normalized spacial score (nSPS) is 31.8. The molecule has 0 aromatic carbocycles. The molecule has 1 aliphatic carbocycles. The van der Waals surface area contributed by atoms with Gasteiger partial charge in [0.25, 0.3) is 0 Å². The minimum Gasteiger partial charge on any atom is -0.364 e. The molecule has 0 bridgehead atoms. The van der Waals surface area contributed by atoms with Crippen LogP contribution in [-0.2, 0) is 4.74 Å². The lowest BCUT2D eigenvalue weighted by Gasteiger charge is -2.29. The average Bonchev–Trinajstić information content (AvgIpc) is 2.21. The molecule has 0 aromatic rings. The van der Waals surface area contributed by atoms with E-state index in [1.54, 1.807) is 0 Å². The molecule has 0 N–H and O–H groups in total. The van der Waals surface area contributed by atoms with E-state index in [-0.39, 0.29) is 0 Å². The molecule has 1 nitrogen and oxygen atoms in total. The molecule has 0 radical (unpaired) electrons. The zero-order valence-corrected chi connectivity index (χ0v) is 9.15. The molecule has 1 saturated heterocycles. The minimum atomic E-state index is 0.539. The number of hydrogen-bond donors (Lipinski definition) is 0. The van der Waals surface area contributed by atoms with Crippen LogP contribution in [-0.4, -0.2) is 17.3 Å². The largest absolute Gasteiger partial charge is 0.364 e. The highest BCUT2D eigenvalue weighted by atomic mass is 32.2. The highest BCUT2D eigenvalue weighted by Crippen LogP contribution is 2.30. The van der Waals surface area contributed by atoms with Gasteiger partial charge in [-0.25, -0.2) is 0 Å². The van der Waals surface area contributed by atoms with Crippen LogP contribution in [0.4, 0.5) is 0 Å². The number of hydrogen-bond acceptors (Lipinski definition) is 2. The van der Waals surface area contributed by atoms with Gasteiger partial charge in [-0.05, 0) is 37.9 Å². The number of thioether (sulfide) groups is 1. The Labute approximate surface area is 85.6 Å². The molecule has 1 saturated carbocycles. The smallest absolute Gasteiger partial charge is 0.103 e. The third-order valence-electron chi connectivity index (χ3n) is 3.03. The summed E-state index contributed by atoms with van der Waals surface area (Å²) in [7, 11) is 0. The standard InChI is InChI=1S/C11H20OS/c1-2-6-10(7-3-1)12-11-8-4-5-9-13-11/h10-11H,1-9H2. The maximum absolute atomic E-state index is 6.10. The van der Waals surface area contributed by atoms with Crippen LogP contribution in [0.15, 0.2) is 0 Å². The Morgan fingerprint density at radius 3 is 2.31 bits per heavy atom. The van der Waals surface area contributed by atoms with Crippen molar-refractivity contribution in [3.05, 3.63) is 0 Å². The van der Waals surface area contributed by atoms with Crippen LogP contribution < -0.4 is 0 Å². The molecule has 0 aromatic heterocycles. The monoisotopic (exact) mass is 200 g/mol. The van der Waals surface area contributed by atoms with E-state index >= 15 is 0 Å². The van der Waals surface area contributed by atoms with E-state index in [9.17, 15) is 0 Å². The molecule has 0 spiro atoms. The highest BCUT2D eigenvalue weighted by molar-refractivity contribution is 7.99. The Bertz CT molecular complexity index is 121. The lowest BCUT2D eigenvalue weighted by Crippen LogP contribution is -2.24. The fraction of sp³-hybridized carbons (Fsp3) is 1.00. The van der Waals surface area contributed by atoms with E-state index in [2.05, 4.69) is 0 Å². The van der Waals surface area contributed by atoms with Crippen LogP contribution in [0.2, 0.25) is 0 Å². The fourth-order valence-electron chi connectivity index (χ4n) is 2.23. The van der Waals surface area contributed by atoms with E-state index in [4.69, 9.17) is 4.74 Å². The molecule has 2 rings (SSSR count). The van der Waals surface area contributed by atoms with E-state index in [0.29, 0.717) is 11.5 Å². The average molecular weight is 200 g/mol. The quantitative estimate of drug-likeness (QED) is 0.674. The van der Waals surface area contributed by atoms with Crippen molar-refractivity contribution < 1.29 is 4.74 Å². The van der Waals surface area contributed by atoms with Gasteiger partial charge in [0.2, 0.25) is 0 Å². The number of ether oxygens (including phenoxy) is 1. The second kappa shape index (κ2) is 5.26. The molecule has 13 heavy (non-hydrogen) atoms. The summed E-state index contributed by atoms with van der Waals surface area (Å²) in [6.45, 7) is 0. The van der Waals surface area contributed by atoms with Crippen molar-refractivity contribution in [1.82, 2.24) is 0 Å². The van der Waals surface area contributed by atoms with Gasteiger partial charge in [-0.3, -0.25) is 0 Å². The fourth-order valence-corrected chi connectivity index (χ4v) is 3.44. The van der Waals surface area contributed by atoms with Crippen molar-refractivity contribution in [1.29, 1.82) is 0 Å². The molecule has 2 fully saturated rings. The molecule has 2 aliphatic rings. The molecule has 1 unspecified atom stereocenters. The zero-order chi connectivity index (χ0) is 8.93. The minimum absolute atomic E-state index is 0.539. The first-order valence-electron chi connectivity index (χ1n) is 5.72. The third-order valence-corrected chi connectivity index (χ3v) is 4.28. The van der Waals surface area contributed by atoms with Gasteiger partial charge in [0.05, 0.1) is 6.10 Å². The van der Waals surface area contributed by atoms with Crippen molar-refractivity contribution in [2.75, 3.05) is 5.75 Å². The molecule has 1 atom stereocenters. The maximum Gasteiger partial charge on any atom is 0.103 e. The van der Waals surface area contributed by atoms with Gasteiger partial charge < -0.3 is 4.74 Å². The van der Waals surface area contributed by atoms with E-state index < -0.39 is 0 Å². The molecular formula is C11H20OS. The first kappa shape index (κ1) is 9.85. The summed E-state index contributed by atoms with van der Waals surface area (Å²) in [6, 6.07) is 0. The summed E-state index contributed by atoms with van der Waals surface area (Å²) in [5.41, 5.74) is 0.539. The van der Waals surface area contributed by atoms with Crippen LogP contribution >= 0.6 is 11.8 Å². The molecule has 1 aliphatic heterocycles. The molecular weight excluding hydrogens is 180 g/mol. The van der Waals surface area contributed by atoms with Crippen molar-refractivity contribution in [2.45, 2.75) is 62.9 Å². The van der Waals surface area contributed by atoms with Crippen molar-refractivity contribution in [3.8, 4) is 0 Å². The predicted molar refractivity (Wildman–Crippen MR) is 58.1 cm³/mol. The van der Waals surface area contributed by atoms with Crippen LogP contribution in [0.25, 0.3) is 0 Å². The van der Waals surface area contributed by atoms with Gasteiger partial charge in [-0.15, -0.1) is 11.8 Å². The first-order chi connectivity index (χ1) is 6.45. The summed E-state index contributed by atoms with van der Waals surface area (Å²) in [5, 5.41) is 0. The lowest BCUT2D eigenvalue weighted by atomic mass is 9.98. The topological polar surface area (TPSA) is 9.23 Å². The first-order valence-corrected chi connectivity index (χ1v) is 6.77. The molecule has 1 heterocycles. The van der Waals surface area contributed by atoms with Gasteiger partial charge in [0, 0.05) is 0 Å². The van der Waals surface area contributed by atoms with Crippen LogP contribution in [0.5, 0.6) is 0 Å². The number of rotatable bonds is 2. The zero-order valence-electron chi connectivity index (χ0n) is 8.34. The SMILES string of the molecule is C1CCC(OC2CCCCS2)CC1. The summed E-state index contributed by atoms with van der Waals surface area (Å²) in [5.74, 6) is 1.32. The summed E-state index contributed by atoms with van der Waals surface area (Å²) >= 11 is 2.03. The van der Waals surface area contributed by atoms with Gasteiger partial charge in [0.15, 0.2) is 0 Å². The van der Waals surface area contributed by atoms with Crippen molar-refractivity contribution >= 4 is 11.8 Å². The summed E-state index contributed by atoms with van der Waals surface area (Å²) in [6.07, 6.45) is 11.5. The van der Waals surface area contributed by atoms with Crippen LogP contribution in [0, 0.1) is 0 Å². The Morgan fingerprint density at radius 2 is 1.62 bits per heavy atom. The van der Waals surface area contributed by atoms with Crippen molar-refractivity contribution in [2.24, 2.45) is 0 Å². The second-order valence-corrected chi connectivity index (χ2v) is 5.46. The van der Waals surface area contributed by atoms with E-state index in [0.717, 1.165) is 0 Å². The molecule has 0 amide bonds. The van der Waals surface area contributed by atoms with Gasteiger partial charge >= 0.3 is 0 Å². The predicted octanol–water partition coefficient (Wildman–Crippen LogP) is 3.58. The van der Waals surface area contributed by atoms with Gasteiger partial charge in [-0.2, -0.15) is 0 Å². The Balaban J connectivity index is 1.69. The molecule has 2 heteroatoms. The third kappa shape index (κ3) is 3.17. The Hall–Kier alpha value is 0.310. The van der Waals surface area contributed by atoms with Gasteiger partial charge in [0.1, 0.15) is 5.44 Å². The van der Waals surface area contributed by atoms with Crippen LogP contribution in [0.1, 0.15) is 51.4 Å². The summed E-state index contributed by atoms with van der Waals surface area (Å²) < 4.78 is 6.10.